The predicted octanol–water partition coefficient (Wildman–Crippen LogP) is 1.97. The topological polar surface area (TPSA) is 78.9 Å². The van der Waals surface area contributed by atoms with E-state index in [4.69, 9.17) is 4.74 Å². The van der Waals surface area contributed by atoms with Gasteiger partial charge in [-0.15, -0.1) is 0 Å². The fraction of sp³-hybridized carbons (Fsp3) is 0.333. The number of benzene rings is 2. The molecule has 2 aromatic rings. The molecule has 6 heteroatoms. The molecule has 0 aromatic heterocycles. The van der Waals surface area contributed by atoms with Gasteiger partial charge in [-0.3, -0.25) is 9.59 Å². The van der Waals surface area contributed by atoms with Crippen LogP contribution < -0.4 is 15.0 Å². The zero-order chi connectivity index (χ0) is 18.8. The Kier molecular flexibility index (Phi) is 4.81. The Morgan fingerprint density at radius 2 is 1.96 bits per heavy atom. The molecule has 2 N–H and O–H groups in total. The molecule has 2 unspecified atom stereocenters. The first-order valence-electron chi connectivity index (χ1n) is 9.20. The smallest absolute Gasteiger partial charge is 0.258 e. The lowest BCUT2D eigenvalue weighted by Gasteiger charge is -2.18. The lowest BCUT2D eigenvalue weighted by molar-refractivity contribution is -0.124. The zero-order valence-electron chi connectivity index (χ0n) is 14.9. The van der Waals surface area contributed by atoms with Gasteiger partial charge in [-0.1, -0.05) is 24.3 Å². The average Bonchev–Trinajstić information content (AvgIpc) is 3.24. The van der Waals surface area contributed by atoms with Gasteiger partial charge < -0.3 is 20.1 Å². The number of hydrogen-bond donors (Lipinski definition) is 2. The second-order valence-corrected chi connectivity index (χ2v) is 6.95. The highest BCUT2D eigenvalue weighted by atomic mass is 16.5. The van der Waals surface area contributed by atoms with Crippen molar-refractivity contribution in [3.8, 4) is 5.75 Å². The maximum absolute atomic E-state index is 12.2. The summed E-state index contributed by atoms with van der Waals surface area (Å²) >= 11 is 0. The van der Waals surface area contributed by atoms with Crippen LogP contribution in [-0.2, 0) is 16.0 Å². The van der Waals surface area contributed by atoms with E-state index >= 15 is 0 Å². The summed E-state index contributed by atoms with van der Waals surface area (Å²) in [4.78, 5) is 25.8. The Hall–Kier alpha value is -2.86. The summed E-state index contributed by atoms with van der Waals surface area (Å²) in [5.74, 6) is 0.418. The minimum absolute atomic E-state index is 0.132. The van der Waals surface area contributed by atoms with E-state index in [2.05, 4.69) is 5.32 Å². The SMILES string of the molecule is O=C(COc1ccc(N2CCCC2=O)cc1)NC1c2ccccc2CC1O. The highest BCUT2D eigenvalue weighted by Gasteiger charge is 2.31. The fourth-order valence-electron chi connectivity index (χ4n) is 3.76. The molecular weight excluding hydrogens is 344 g/mol. The van der Waals surface area contributed by atoms with E-state index in [1.54, 1.807) is 17.0 Å². The number of anilines is 1. The highest BCUT2D eigenvalue weighted by Crippen LogP contribution is 2.31. The number of carbonyl (C=O) groups excluding carboxylic acids is 2. The molecule has 4 rings (SSSR count). The minimum atomic E-state index is -0.622. The molecule has 0 radical (unpaired) electrons. The molecule has 2 atom stereocenters. The van der Waals surface area contributed by atoms with E-state index in [1.165, 1.54) is 0 Å². The van der Waals surface area contributed by atoms with Gasteiger partial charge in [0.25, 0.3) is 5.91 Å². The fourth-order valence-corrected chi connectivity index (χ4v) is 3.76. The number of amides is 2. The van der Waals surface area contributed by atoms with Crippen molar-refractivity contribution in [2.24, 2.45) is 0 Å². The Labute approximate surface area is 157 Å². The predicted molar refractivity (Wildman–Crippen MR) is 101 cm³/mol. The average molecular weight is 366 g/mol. The van der Waals surface area contributed by atoms with E-state index in [-0.39, 0.29) is 18.4 Å². The number of rotatable bonds is 5. The van der Waals surface area contributed by atoms with Crippen molar-refractivity contribution in [1.82, 2.24) is 5.32 Å². The van der Waals surface area contributed by atoms with Crippen molar-refractivity contribution < 1.29 is 19.4 Å². The van der Waals surface area contributed by atoms with Gasteiger partial charge in [0.2, 0.25) is 5.91 Å². The number of hydrogen-bond acceptors (Lipinski definition) is 4. The van der Waals surface area contributed by atoms with Crippen molar-refractivity contribution in [3.05, 3.63) is 59.7 Å². The van der Waals surface area contributed by atoms with Gasteiger partial charge in [0.05, 0.1) is 12.1 Å². The molecule has 2 aromatic carbocycles. The molecule has 0 saturated carbocycles. The molecule has 1 heterocycles. The van der Waals surface area contributed by atoms with Gasteiger partial charge in [0.1, 0.15) is 5.75 Å². The molecule has 1 aliphatic heterocycles. The van der Waals surface area contributed by atoms with E-state index < -0.39 is 12.1 Å². The van der Waals surface area contributed by atoms with Crippen molar-refractivity contribution in [3.63, 3.8) is 0 Å². The van der Waals surface area contributed by atoms with E-state index in [0.717, 1.165) is 29.8 Å². The largest absolute Gasteiger partial charge is 0.484 e. The summed E-state index contributed by atoms with van der Waals surface area (Å²) in [5.41, 5.74) is 2.86. The van der Waals surface area contributed by atoms with Crippen LogP contribution in [-0.4, -0.2) is 36.2 Å². The van der Waals surface area contributed by atoms with Crippen molar-refractivity contribution in [2.45, 2.75) is 31.4 Å². The van der Waals surface area contributed by atoms with Crippen LogP contribution >= 0.6 is 0 Å². The van der Waals surface area contributed by atoms with E-state index in [1.807, 2.05) is 36.4 Å². The summed E-state index contributed by atoms with van der Waals surface area (Å²) in [6.45, 7) is 0.611. The quantitative estimate of drug-likeness (QED) is 0.848. The molecule has 1 aliphatic carbocycles. The Morgan fingerprint density at radius 1 is 1.19 bits per heavy atom. The molecule has 0 bridgehead atoms. The Balaban J connectivity index is 1.32. The number of aliphatic hydroxyl groups is 1. The third kappa shape index (κ3) is 3.66. The van der Waals surface area contributed by atoms with Gasteiger partial charge in [-0.2, -0.15) is 0 Å². The molecule has 2 amide bonds. The molecule has 2 aliphatic rings. The number of fused-ring (bicyclic) bond motifs is 1. The van der Waals surface area contributed by atoms with Gasteiger partial charge in [-0.05, 0) is 41.8 Å². The van der Waals surface area contributed by atoms with Gasteiger partial charge in [0.15, 0.2) is 6.61 Å². The lowest BCUT2D eigenvalue weighted by atomic mass is 10.1. The number of ether oxygens (including phenoxy) is 1. The summed E-state index contributed by atoms with van der Waals surface area (Å²) in [6.07, 6.45) is 1.39. The Bertz CT molecular complexity index is 850. The molecular formula is C21H22N2O4. The van der Waals surface area contributed by atoms with Crippen molar-refractivity contribution >= 4 is 17.5 Å². The third-order valence-corrected chi connectivity index (χ3v) is 5.11. The van der Waals surface area contributed by atoms with Crippen molar-refractivity contribution in [2.75, 3.05) is 18.1 Å². The maximum Gasteiger partial charge on any atom is 0.258 e. The van der Waals surface area contributed by atoms with Gasteiger partial charge >= 0.3 is 0 Å². The number of carbonyl (C=O) groups is 2. The summed E-state index contributed by atoms with van der Waals surface area (Å²) < 4.78 is 5.55. The number of nitrogens with one attached hydrogen (secondary N) is 1. The van der Waals surface area contributed by atoms with Crippen LogP contribution in [0.25, 0.3) is 0 Å². The van der Waals surface area contributed by atoms with Crippen LogP contribution in [0.2, 0.25) is 0 Å². The van der Waals surface area contributed by atoms with Crippen LogP contribution in [0.15, 0.2) is 48.5 Å². The summed E-state index contributed by atoms with van der Waals surface area (Å²) in [5, 5.41) is 13.1. The number of nitrogens with zero attached hydrogens (tertiary/aromatic N) is 1. The number of aliphatic hydroxyl groups excluding tert-OH is 1. The van der Waals surface area contributed by atoms with Crippen LogP contribution in [0.4, 0.5) is 5.69 Å². The first-order chi connectivity index (χ1) is 13.1. The Morgan fingerprint density at radius 3 is 2.70 bits per heavy atom. The second kappa shape index (κ2) is 7.40. The summed E-state index contributed by atoms with van der Waals surface area (Å²) in [6, 6.07) is 14.5. The van der Waals surface area contributed by atoms with E-state index in [0.29, 0.717) is 18.6 Å². The van der Waals surface area contributed by atoms with Crippen LogP contribution in [0.5, 0.6) is 5.75 Å². The van der Waals surface area contributed by atoms with E-state index in [9.17, 15) is 14.7 Å². The van der Waals surface area contributed by atoms with Crippen molar-refractivity contribution in [1.29, 1.82) is 0 Å². The van der Waals surface area contributed by atoms with Gasteiger partial charge in [0, 0.05) is 25.1 Å². The second-order valence-electron chi connectivity index (χ2n) is 6.95. The highest BCUT2D eigenvalue weighted by molar-refractivity contribution is 5.95. The molecule has 27 heavy (non-hydrogen) atoms. The molecule has 140 valence electrons. The summed E-state index contributed by atoms with van der Waals surface area (Å²) in [7, 11) is 0. The standard InChI is InChI=1S/C21H22N2O4/c24-18-12-14-4-1-2-5-17(14)21(18)22-19(25)13-27-16-9-7-15(8-10-16)23-11-3-6-20(23)26/h1-2,4-5,7-10,18,21,24H,3,6,11-13H2,(H,22,25). The molecule has 1 fully saturated rings. The zero-order valence-corrected chi connectivity index (χ0v) is 14.9. The van der Waals surface area contributed by atoms with Crippen LogP contribution in [0, 0.1) is 0 Å². The van der Waals surface area contributed by atoms with Crippen LogP contribution in [0.1, 0.15) is 30.0 Å². The lowest BCUT2D eigenvalue weighted by Crippen LogP contribution is -2.36. The molecule has 0 spiro atoms. The third-order valence-electron chi connectivity index (χ3n) is 5.11. The minimum Gasteiger partial charge on any atom is -0.484 e. The molecule has 6 nitrogen and oxygen atoms in total. The van der Waals surface area contributed by atoms with Gasteiger partial charge in [-0.25, -0.2) is 0 Å². The maximum atomic E-state index is 12.2. The van der Waals surface area contributed by atoms with Crippen LogP contribution in [0.3, 0.4) is 0 Å². The normalized spacial score (nSPS) is 21.2. The first kappa shape index (κ1) is 17.5. The monoisotopic (exact) mass is 366 g/mol. The first-order valence-corrected chi connectivity index (χ1v) is 9.20. The molecule has 1 saturated heterocycles.